The Morgan fingerprint density at radius 3 is 2.46 bits per heavy atom. The Bertz CT molecular complexity index is 2000. The monoisotopic (exact) mass is 713 g/mol. The topological polar surface area (TPSA) is 81.5 Å². The Hall–Kier alpha value is -3.34. The molecule has 50 heavy (non-hydrogen) atoms. The van der Waals surface area contributed by atoms with Crippen LogP contribution in [0.4, 0.5) is 0 Å². The molecule has 0 aliphatic carbocycles. The predicted molar refractivity (Wildman–Crippen MR) is 204 cm³/mol. The minimum Gasteiger partial charge on any atom is -0.464 e. The van der Waals surface area contributed by atoms with Crippen LogP contribution in [-0.2, 0) is 20.8 Å². The maximum absolute atomic E-state index is 13.6. The number of carbonyl (C=O) groups excluding carboxylic acids is 1. The van der Waals surface area contributed by atoms with Gasteiger partial charge in [-0.1, -0.05) is 23.7 Å². The van der Waals surface area contributed by atoms with Crippen molar-refractivity contribution in [3.63, 3.8) is 0 Å². The van der Waals surface area contributed by atoms with Crippen molar-refractivity contribution >= 4 is 50.0 Å². The van der Waals surface area contributed by atoms with E-state index in [2.05, 4.69) is 46.1 Å². The van der Waals surface area contributed by atoms with Gasteiger partial charge in [0.25, 0.3) is 0 Å². The van der Waals surface area contributed by atoms with Crippen molar-refractivity contribution in [3.05, 3.63) is 70.4 Å². The fourth-order valence-electron chi connectivity index (χ4n) is 7.74. The van der Waals surface area contributed by atoms with Gasteiger partial charge in [-0.3, -0.25) is 9.58 Å². The summed E-state index contributed by atoms with van der Waals surface area (Å²) in [4.78, 5) is 21.5. The molecule has 2 aliphatic rings. The maximum Gasteiger partial charge on any atom is 0.339 e. The molecule has 0 unspecified atom stereocenters. The molecule has 2 saturated heterocycles. The molecule has 8 nitrogen and oxygen atoms in total. The number of rotatable bonds is 9. The first-order valence-electron chi connectivity index (χ1n) is 18.0. The summed E-state index contributed by atoms with van der Waals surface area (Å²) in [6.07, 6.45) is 2.59. The van der Waals surface area contributed by atoms with E-state index in [0.29, 0.717) is 17.0 Å². The van der Waals surface area contributed by atoms with E-state index in [1.165, 1.54) is 23.0 Å². The Kier molecular flexibility index (Phi) is 10.1. The number of ether oxygens (including phenoxy) is 2. The van der Waals surface area contributed by atoms with Crippen LogP contribution >= 0.6 is 22.9 Å². The number of aryl methyl sites for hydroxylation is 2. The van der Waals surface area contributed by atoms with Crippen LogP contribution in [0.1, 0.15) is 82.7 Å². The third kappa shape index (κ3) is 6.95. The SMILES string of the molecule is CCOC(=O)[C@@H](OC(C)(C)C)c1c(C)cc2nc(-c3ccc4c(c3)c(C3CCN([C@H]5CCNC5)CC3)nn4CC)sc2c1-c1ccc(Cl)cc1. The van der Waals surface area contributed by atoms with Crippen molar-refractivity contribution in [2.24, 2.45) is 0 Å². The number of fused-ring (bicyclic) bond motifs is 2. The largest absolute Gasteiger partial charge is 0.464 e. The number of piperidine rings is 1. The third-order valence-electron chi connectivity index (χ3n) is 10.1. The molecule has 3 aromatic carbocycles. The van der Waals surface area contributed by atoms with Gasteiger partial charge in [0.1, 0.15) is 5.01 Å². The van der Waals surface area contributed by atoms with Gasteiger partial charge in [-0.25, -0.2) is 9.78 Å². The number of likely N-dealkylation sites (tertiary alicyclic amines) is 1. The highest BCUT2D eigenvalue weighted by Gasteiger charge is 2.34. The quantitative estimate of drug-likeness (QED) is 0.153. The number of halogens is 1. The second-order valence-corrected chi connectivity index (χ2v) is 16.0. The summed E-state index contributed by atoms with van der Waals surface area (Å²) in [5.41, 5.74) is 7.33. The average molecular weight is 714 g/mol. The standard InChI is InChI=1S/C40H48ClN5O3S/c1-7-46-32-14-11-27(22-30(32)35(44-46)26-16-19-45(20-17-26)29-15-18-42-23-29)38-43-31-21-24(3)33(36(39(47)48-8-2)49-40(4,5)6)34(37(31)50-38)25-9-12-28(41)13-10-25/h9-14,21-22,26,29,36,42H,7-8,15-20,23H2,1-6H3/t29-,36-/m0/s1. The minimum atomic E-state index is -0.911. The molecule has 264 valence electrons. The molecule has 2 atom stereocenters. The summed E-state index contributed by atoms with van der Waals surface area (Å²) < 4.78 is 15.2. The van der Waals surface area contributed by atoms with Gasteiger partial charge in [0.05, 0.1) is 33.6 Å². The van der Waals surface area contributed by atoms with Crippen LogP contribution < -0.4 is 5.32 Å². The van der Waals surface area contributed by atoms with Crippen LogP contribution in [0, 0.1) is 6.92 Å². The van der Waals surface area contributed by atoms with Crippen molar-refractivity contribution in [1.29, 1.82) is 0 Å². The number of nitrogens with one attached hydrogen (secondary N) is 1. The van der Waals surface area contributed by atoms with Crippen molar-refractivity contribution in [2.45, 2.75) is 91.0 Å². The molecule has 2 aromatic heterocycles. The molecule has 1 N–H and O–H groups in total. The highest BCUT2D eigenvalue weighted by atomic mass is 35.5. The number of hydrogen-bond acceptors (Lipinski definition) is 8. The average Bonchev–Trinajstić information content (AvgIpc) is 3.86. The summed E-state index contributed by atoms with van der Waals surface area (Å²) >= 11 is 8.00. The number of thiazole rings is 1. The maximum atomic E-state index is 13.6. The Morgan fingerprint density at radius 1 is 1.06 bits per heavy atom. The van der Waals surface area contributed by atoms with Gasteiger partial charge < -0.3 is 14.8 Å². The molecule has 5 aromatic rings. The van der Waals surface area contributed by atoms with Crippen molar-refractivity contribution in [3.8, 4) is 21.7 Å². The molecule has 4 heterocycles. The summed E-state index contributed by atoms with van der Waals surface area (Å²) in [6.45, 7) is 17.5. The fourth-order valence-corrected chi connectivity index (χ4v) is 8.99. The molecule has 0 radical (unpaired) electrons. The molecule has 0 bridgehead atoms. The third-order valence-corrected chi connectivity index (χ3v) is 11.5. The van der Waals surface area contributed by atoms with E-state index in [1.54, 1.807) is 11.3 Å². The van der Waals surface area contributed by atoms with Crippen molar-refractivity contribution in [1.82, 2.24) is 25.0 Å². The van der Waals surface area contributed by atoms with Gasteiger partial charge in [-0.2, -0.15) is 5.10 Å². The molecule has 0 spiro atoms. The number of benzene rings is 3. The van der Waals surface area contributed by atoms with Crippen LogP contribution in [0.2, 0.25) is 5.02 Å². The van der Waals surface area contributed by atoms with Gasteiger partial charge in [-0.05, 0) is 128 Å². The number of nitrogens with zero attached hydrogens (tertiary/aromatic N) is 4. The van der Waals surface area contributed by atoms with E-state index in [-0.39, 0.29) is 6.61 Å². The highest BCUT2D eigenvalue weighted by molar-refractivity contribution is 7.22. The number of hydrogen-bond donors (Lipinski definition) is 1. The lowest BCUT2D eigenvalue weighted by atomic mass is 9.90. The normalized spacial score (nSPS) is 18.3. The van der Waals surface area contributed by atoms with E-state index < -0.39 is 17.7 Å². The van der Waals surface area contributed by atoms with E-state index in [1.807, 2.05) is 58.9 Å². The van der Waals surface area contributed by atoms with E-state index >= 15 is 0 Å². The summed E-state index contributed by atoms with van der Waals surface area (Å²) in [7, 11) is 0. The van der Waals surface area contributed by atoms with Crippen LogP contribution in [0.15, 0.2) is 48.5 Å². The first-order valence-corrected chi connectivity index (χ1v) is 19.2. The van der Waals surface area contributed by atoms with E-state index in [4.69, 9.17) is 31.2 Å². The smallest absolute Gasteiger partial charge is 0.339 e. The summed E-state index contributed by atoms with van der Waals surface area (Å²) in [5, 5.41) is 11.5. The molecule has 7 rings (SSSR count). The van der Waals surface area contributed by atoms with Crippen LogP contribution in [0.25, 0.3) is 42.8 Å². The first-order chi connectivity index (χ1) is 24.0. The van der Waals surface area contributed by atoms with Crippen LogP contribution in [0.3, 0.4) is 0 Å². The van der Waals surface area contributed by atoms with E-state index in [9.17, 15) is 4.79 Å². The van der Waals surface area contributed by atoms with Gasteiger partial charge in [0.2, 0.25) is 0 Å². The molecule has 0 saturated carbocycles. The van der Waals surface area contributed by atoms with Crippen molar-refractivity contribution < 1.29 is 14.3 Å². The lowest BCUT2D eigenvalue weighted by Crippen LogP contribution is -2.42. The lowest BCUT2D eigenvalue weighted by molar-refractivity contribution is -0.166. The molecule has 0 amide bonds. The molecular formula is C40H48ClN5O3S. The Morgan fingerprint density at radius 2 is 1.80 bits per heavy atom. The first kappa shape index (κ1) is 35.1. The molecular weight excluding hydrogens is 666 g/mol. The molecule has 10 heteroatoms. The van der Waals surface area contributed by atoms with Crippen LogP contribution in [0.5, 0.6) is 0 Å². The fraction of sp³-hybridized carbons (Fsp3) is 0.475. The van der Waals surface area contributed by atoms with Crippen LogP contribution in [-0.4, -0.2) is 70.1 Å². The molecule has 2 fully saturated rings. The molecule has 2 aliphatic heterocycles. The predicted octanol–water partition coefficient (Wildman–Crippen LogP) is 8.92. The van der Waals surface area contributed by atoms with Gasteiger partial charge >= 0.3 is 5.97 Å². The van der Waals surface area contributed by atoms with E-state index in [0.717, 1.165) is 88.6 Å². The summed E-state index contributed by atoms with van der Waals surface area (Å²) in [5.74, 6) is 0.0346. The van der Waals surface area contributed by atoms with Gasteiger partial charge in [0, 0.05) is 52.1 Å². The number of carbonyl (C=O) groups is 1. The van der Waals surface area contributed by atoms with Crippen molar-refractivity contribution in [2.75, 3.05) is 32.8 Å². The number of esters is 1. The highest BCUT2D eigenvalue weighted by Crippen LogP contribution is 2.45. The second kappa shape index (κ2) is 14.4. The Labute approximate surface area is 304 Å². The zero-order valence-electron chi connectivity index (χ0n) is 30.0. The van der Waals surface area contributed by atoms with Gasteiger partial charge in [-0.15, -0.1) is 11.3 Å². The van der Waals surface area contributed by atoms with Gasteiger partial charge in [0.15, 0.2) is 6.10 Å². The lowest BCUT2D eigenvalue weighted by Gasteiger charge is -2.35. The Balaban J connectivity index is 1.33. The minimum absolute atomic E-state index is 0.265. The zero-order valence-corrected chi connectivity index (χ0v) is 31.6. The number of aromatic nitrogens is 3. The zero-order chi connectivity index (χ0) is 35.2. The summed E-state index contributed by atoms with van der Waals surface area (Å²) in [6, 6.07) is 17.2. The second-order valence-electron chi connectivity index (χ2n) is 14.6.